The van der Waals surface area contributed by atoms with Crippen LogP contribution < -0.4 is 10.1 Å². The molecule has 0 spiro atoms. The van der Waals surface area contributed by atoms with Crippen molar-refractivity contribution in [3.05, 3.63) is 45.6 Å². The van der Waals surface area contributed by atoms with Crippen LogP contribution in [0.15, 0.2) is 30.3 Å². The summed E-state index contributed by atoms with van der Waals surface area (Å²) in [5, 5.41) is 2.83. The van der Waals surface area contributed by atoms with Crippen LogP contribution in [0.5, 0.6) is 5.75 Å². The molecule has 0 aliphatic heterocycles. The molecule has 2 rings (SSSR count). The van der Waals surface area contributed by atoms with E-state index in [0.29, 0.717) is 21.9 Å². The predicted molar refractivity (Wildman–Crippen MR) is 92.7 cm³/mol. The number of rotatable bonds is 5. The Morgan fingerprint density at radius 1 is 1.22 bits per heavy atom. The number of hydrogen-bond acceptors (Lipinski definition) is 4. The van der Waals surface area contributed by atoms with E-state index >= 15 is 0 Å². The van der Waals surface area contributed by atoms with E-state index in [9.17, 15) is 9.59 Å². The number of hydrogen-bond donors (Lipinski definition) is 1. The first-order valence-corrected chi connectivity index (χ1v) is 8.07. The lowest BCUT2D eigenvalue weighted by molar-refractivity contribution is 0.0824. The molecular formula is C17H20N2O3S. The zero-order valence-corrected chi connectivity index (χ0v) is 14.5. The maximum atomic E-state index is 12.3. The van der Waals surface area contributed by atoms with Crippen molar-refractivity contribution >= 4 is 28.8 Å². The first-order valence-electron chi connectivity index (χ1n) is 7.26. The van der Waals surface area contributed by atoms with Gasteiger partial charge in [0.05, 0.1) is 17.6 Å². The molecule has 0 unspecified atom stereocenters. The van der Waals surface area contributed by atoms with Crippen LogP contribution >= 0.6 is 11.3 Å². The molecule has 0 bridgehead atoms. The Hall–Kier alpha value is -2.34. The van der Waals surface area contributed by atoms with E-state index in [-0.39, 0.29) is 11.8 Å². The fourth-order valence-corrected chi connectivity index (χ4v) is 2.92. The standard InChI is InChI=1S/C17H20N2O3S/c1-5-12-7-9-15(23-12)16(20)18-11-6-8-14(22-4)13(10-11)17(21)19(2)3/h6-10H,5H2,1-4H3,(H,18,20). The summed E-state index contributed by atoms with van der Waals surface area (Å²) in [6.07, 6.45) is 0.905. The van der Waals surface area contributed by atoms with Crippen molar-refractivity contribution in [2.45, 2.75) is 13.3 Å². The van der Waals surface area contributed by atoms with Crippen LogP contribution in [-0.2, 0) is 6.42 Å². The van der Waals surface area contributed by atoms with Crippen LogP contribution in [0.4, 0.5) is 5.69 Å². The van der Waals surface area contributed by atoms with E-state index in [1.807, 2.05) is 12.1 Å². The zero-order valence-electron chi connectivity index (χ0n) is 13.7. The van der Waals surface area contributed by atoms with Gasteiger partial charge in [-0.3, -0.25) is 9.59 Å². The molecule has 0 radical (unpaired) electrons. The molecule has 1 aromatic heterocycles. The van der Waals surface area contributed by atoms with Crippen molar-refractivity contribution in [3.63, 3.8) is 0 Å². The molecule has 0 aliphatic rings. The number of methoxy groups -OCH3 is 1. The van der Waals surface area contributed by atoms with Crippen LogP contribution in [0.3, 0.4) is 0 Å². The SMILES string of the molecule is CCc1ccc(C(=O)Nc2ccc(OC)c(C(=O)N(C)C)c2)s1. The molecule has 2 aromatic rings. The summed E-state index contributed by atoms with van der Waals surface area (Å²) in [5.41, 5.74) is 0.975. The highest BCUT2D eigenvalue weighted by atomic mass is 32.1. The Morgan fingerprint density at radius 2 is 1.96 bits per heavy atom. The molecule has 2 amide bonds. The van der Waals surface area contributed by atoms with Gasteiger partial charge in [-0.1, -0.05) is 6.92 Å². The largest absolute Gasteiger partial charge is 0.496 e. The van der Waals surface area contributed by atoms with E-state index < -0.39 is 0 Å². The van der Waals surface area contributed by atoms with Gasteiger partial charge in [-0.2, -0.15) is 0 Å². The molecular weight excluding hydrogens is 312 g/mol. The lowest BCUT2D eigenvalue weighted by Gasteiger charge is -2.15. The number of ether oxygens (including phenoxy) is 1. The number of aryl methyl sites for hydroxylation is 1. The quantitative estimate of drug-likeness (QED) is 0.914. The Morgan fingerprint density at radius 3 is 2.52 bits per heavy atom. The van der Waals surface area contributed by atoms with Crippen molar-refractivity contribution in [2.75, 3.05) is 26.5 Å². The second-order valence-electron chi connectivity index (χ2n) is 5.19. The third-order valence-corrected chi connectivity index (χ3v) is 4.56. The van der Waals surface area contributed by atoms with E-state index in [0.717, 1.165) is 11.3 Å². The van der Waals surface area contributed by atoms with E-state index in [2.05, 4.69) is 12.2 Å². The molecule has 5 nitrogen and oxygen atoms in total. The minimum atomic E-state index is -0.178. The number of benzene rings is 1. The van der Waals surface area contributed by atoms with Crippen LogP contribution in [0.1, 0.15) is 31.8 Å². The summed E-state index contributed by atoms with van der Waals surface area (Å²) in [4.78, 5) is 27.8. The van der Waals surface area contributed by atoms with Gasteiger partial charge in [-0.05, 0) is 36.8 Å². The normalized spacial score (nSPS) is 10.3. The zero-order chi connectivity index (χ0) is 17.0. The summed E-state index contributed by atoms with van der Waals surface area (Å²) < 4.78 is 5.22. The fraction of sp³-hybridized carbons (Fsp3) is 0.294. The van der Waals surface area contributed by atoms with Gasteiger partial charge in [0.15, 0.2) is 0 Å². The molecule has 1 N–H and O–H groups in total. The summed E-state index contributed by atoms with van der Waals surface area (Å²) >= 11 is 1.47. The van der Waals surface area contributed by atoms with Gasteiger partial charge in [0, 0.05) is 24.7 Å². The van der Waals surface area contributed by atoms with Crippen molar-refractivity contribution in [2.24, 2.45) is 0 Å². The molecule has 6 heteroatoms. The van der Waals surface area contributed by atoms with E-state index in [1.54, 1.807) is 32.3 Å². The maximum Gasteiger partial charge on any atom is 0.265 e. The number of anilines is 1. The molecule has 0 atom stereocenters. The second-order valence-corrected chi connectivity index (χ2v) is 6.36. The van der Waals surface area contributed by atoms with Gasteiger partial charge in [0.25, 0.3) is 11.8 Å². The van der Waals surface area contributed by atoms with Crippen LogP contribution in [-0.4, -0.2) is 37.9 Å². The Balaban J connectivity index is 2.24. The number of carbonyl (C=O) groups is 2. The number of nitrogens with one attached hydrogen (secondary N) is 1. The van der Waals surface area contributed by atoms with Crippen molar-refractivity contribution in [1.82, 2.24) is 4.90 Å². The molecule has 23 heavy (non-hydrogen) atoms. The average molecular weight is 332 g/mol. The van der Waals surface area contributed by atoms with E-state index in [4.69, 9.17) is 4.74 Å². The Bertz CT molecular complexity index is 722. The summed E-state index contributed by atoms with van der Waals surface area (Å²) in [5.74, 6) is 0.122. The van der Waals surface area contributed by atoms with E-state index in [1.165, 1.54) is 23.3 Å². The molecule has 0 aliphatic carbocycles. The number of amides is 2. The molecule has 0 saturated heterocycles. The molecule has 1 heterocycles. The average Bonchev–Trinajstić information content (AvgIpc) is 3.03. The van der Waals surface area contributed by atoms with Gasteiger partial charge in [-0.15, -0.1) is 11.3 Å². The van der Waals surface area contributed by atoms with Gasteiger partial charge >= 0.3 is 0 Å². The first-order chi connectivity index (χ1) is 11.0. The van der Waals surface area contributed by atoms with Gasteiger partial charge < -0.3 is 15.0 Å². The van der Waals surface area contributed by atoms with Crippen LogP contribution in [0, 0.1) is 0 Å². The molecule has 0 saturated carbocycles. The predicted octanol–water partition coefficient (Wildman–Crippen LogP) is 3.27. The lowest BCUT2D eigenvalue weighted by atomic mass is 10.1. The van der Waals surface area contributed by atoms with Crippen molar-refractivity contribution in [3.8, 4) is 5.75 Å². The lowest BCUT2D eigenvalue weighted by Crippen LogP contribution is -2.22. The minimum absolute atomic E-state index is 0.178. The molecule has 122 valence electrons. The number of carbonyl (C=O) groups excluding carboxylic acids is 2. The third-order valence-electron chi connectivity index (χ3n) is 3.33. The van der Waals surface area contributed by atoms with Gasteiger partial charge in [0.2, 0.25) is 0 Å². The highest BCUT2D eigenvalue weighted by Gasteiger charge is 2.16. The Kier molecular flexibility index (Phi) is 5.39. The fourth-order valence-electron chi connectivity index (χ4n) is 2.08. The number of thiophene rings is 1. The minimum Gasteiger partial charge on any atom is -0.496 e. The topological polar surface area (TPSA) is 58.6 Å². The molecule has 0 fully saturated rings. The number of nitrogens with zero attached hydrogens (tertiary/aromatic N) is 1. The highest BCUT2D eigenvalue weighted by Crippen LogP contribution is 2.25. The maximum absolute atomic E-state index is 12.3. The second kappa shape index (κ2) is 7.28. The summed E-state index contributed by atoms with van der Waals surface area (Å²) in [6, 6.07) is 8.80. The Labute approximate surface area is 139 Å². The van der Waals surface area contributed by atoms with Crippen molar-refractivity contribution in [1.29, 1.82) is 0 Å². The smallest absolute Gasteiger partial charge is 0.265 e. The monoisotopic (exact) mass is 332 g/mol. The van der Waals surface area contributed by atoms with Crippen LogP contribution in [0.25, 0.3) is 0 Å². The van der Waals surface area contributed by atoms with Crippen LogP contribution in [0.2, 0.25) is 0 Å². The summed E-state index contributed by atoms with van der Waals surface area (Å²) in [7, 11) is 4.86. The van der Waals surface area contributed by atoms with Gasteiger partial charge in [0.1, 0.15) is 5.75 Å². The summed E-state index contributed by atoms with van der Waals surface area (Å²) in [6.45, 7) is 2.05. The first kappa shape index (κ1) is 17.0. The third kappa shape index (κ3) is 3.90. The highest BCUT2D eigenvalue weighted by molar-refractivity contribution is 7.14. The van der Waals surface area contributed by atoms with Gasteiger partial charge in [-0.25, -0.2) is 0 Å². The van der Waals surface area contributed by atoms with Crippen molar-refractivity contribution < 1.29 is 14.3 Å². The molecule has 1 aromatic carbocycles.